The summed E-state index contributed by atoms with van der Waals surface area (Å²) >= 11 is 0. The van der Waals surface area contributed by atoms with Crippen molar-refractivity contribution in [1.82, 2.24) is 0 Å². The molecule has 0 spiro atoms. The van der Waals surface area contributed by atoms with E-state index in [4.69, 9.17) is 4.89 Å². The van der Waals surface area contributed by atoms with Crippen LogP contribution < -0.4 is 0 Å². The highest BCUT2D eigenvalue weighted by molar-refractivity contribution is 5.33. The van der Waals surface area contributed by atoms with E-state index in [0.29, 0.717) is 6.61 Å². The number of rotatable bonds is 3. The number of benzene rings is 1. The Hall–Kier alpha value is -0.930. The maximum absolute atomic E-state index is 12.9. The van der Waals surface area contributed by atoms with Crippen molar-refractivity contribution in [2.45, 2.75) is 20.5 Å². The molecule has 0 fully saturated rings. The van der Waals surface area contributed by atoms with Crippen LogP contribution in [0.25, 0.3) is 0 Å². The van der Waals surface area contributed by atoms with Crippen LogP contribution in [0.2, 0.25) is 0 Å². The average molecular weight is 184 g/mol. The average Bonchev–Trinajstić information content (AvgIpc) is 2.02. The van der Waals surface area contributed by atoms with Crippen LogP contribution in [0.15, 0.2) is 12.1 Å². The van der Waals surface area contributed by atoms with Crippen LogP contribution in [0, 0.1) is 19.7 Å². The fourth-order valence-corrected chi connectivity index (χ4v) is 1.29. The van der Waals surface area contributed by atoms with Gasteiger partial charge in [0, 0.05) is 0 Å². The fourth-order valence-electron chi connectivity index (χ4n) is 1.29. The summed E-state index contributed by atoms with van der Waals surface area (Å²) in [7, 11) is 1.45. The van der Waals surface area contributed by atoms with Crippen molar-refractivity contribution in [3.63, 3.8) is 0 Å². The Kier molecular flexibility index (Phi) is 3.39. The lowest BCUT2D eigenvalue weighted by Crippen LogP contribution is -1.98. The molecular weight excluding hydrogens is 171 g/mol. The molecule has 0 saturated heterocycles. The van der Waals surface area contributed by atoms with Gasteiger partial charge in [-0.05, 0) is 42.7 Å². The molecule has 0 saturated carbocycles. The van der Waals surface area contributed by atoms with Crippen LogP contribution in [0.1, 0.15) is 16.7 Å². The molecule has 0 heterocycles. The van der Waals surface area contributed by atoms with Gasteiger partial charge in [-0.1, -0.05) is 0 Å². The first-order valence-corrected chi connectivity index (χ1v) is 4.06. The molecular formula is C10H13FO2. The Morgan fingerprint density at radius 2 is 1.77 bits per heavy atom. The van der Waals surface area contributed by atoms with Crippen molar-refractivity contribution in [3.8, 4) is 0 Å². The summed E-state index contributed by atoms with van der Waals surface area (Å²) in [6.07, 6.45) is 0. The second kappa shape index (κ2) is 4.35. The van der Waals surface area contributed by atoms with Gasteiger partial charge < -0.3 is 0 Å². The van der Waals surface area contributed by atoms with Crippen LogP contribution in [0.4, 0.5) is 4.39 Å². The number of halogens is 1. The highest BCUT2D eigenvalue weighted by atomic mass is 19.1. The SMILES string of the molecule is COOCc1c(C)cc(F)cc1C. The van der Waals surface area contributed by atoms with Gasteiger partial charge in [0.1, 0.15) is 12.4 Å². The maximum atomic E-state index is 12.9. The van der Waals surface area contributed by atoms with Crippen molar-refractivity contribution >= 4 is 0 Å². The molecule has 0 aliphatic heterocycles. The third kappa shape index (κ3) is 2.50. The molecule has 0 unspecified atom stereocenters. The first-order chi connectivity index (χ1) is 6.15. The van der Waals surface area contributed by atoms with Gasteiger partial charge in [0.15, 0.2) is 0 Å². The first-order valence-electron chi connectivity index (χ1n) is 4.06. The van der Waals surface area contributed by atoms with Gasteiger partial charge in [-0.25, -0.2) is 14.2 Å². The number of aryl methyl sites for hydroxylation is 2. The minimum atomic E-state index is -0.212. The second-order valence-electron chi connectivity index (χ2n) is 2.95. The third-order valence-corrected chi connectivity index (χ3v) is 1.98. The molecule has 0 radical (unpaired) electrons. The smallest absolute Gasteiger partial charge is 0.123 e. The maximum Gasteiger partial charge on any atom is 0.123 e. The van der Waals surface area contributed by atoms with Crippen LogP contribution in [-0.4, -0.2) is 7.11 Å². The highest BCUT2D eigenvalue weighted by Crippen LogP contribution is 2.16. The quantitative estimate of drug-likeness (QED) is 0.531. The molecule has 13 heavy (non-hydrogen) atoms. The summed E-state index contributed by atoms with van der Waals surface area (Å²) in [5, 5.41) is 0. The van der Waals surface area contributed by atoms with E-state index >= 15 is 0 Å². The van der Waals surface area contributed by atoms with Gasteiger partial charge in [0.25, 0.3) is 0 Å². The van der Waals surface area contributed by atoms with Crippen molar-refractivity contribution in [2.75, 3.05) is 7.11 Å². The normalized spacial score (nSPS) is 10.5. The third-order valence-electron chi connectivity index (χ3n) is 1.98. The zero-order chi connectivity index (χ0) is 9.84. The van der Waals surface area contributed by atoms with Crippen LogP contribution in [-0.2, 0) is 16.4 Å². The molecule has 0 aliphatic rings. The van der Waals surface area contributed by atoms with Gasteiger partial charge in [0.05, 0.1) is 7.11 Å². The van der Waals surface area contributed by atoms with E-state index in [2.05, 4.69) is 4.89 Å². The molecule has 0 atom stereocenters. The lowest BCUT2D eigenvalue weighted by Gasteiger charge is -2.08. The Bertz CT molecular complexity index is 274. The van der Waals surface area contributed by atoms with E-state index in [-0.39, 0.29) is 5.82 Å². The summed E-state index contributed by atoms with van der Waals surface area (Å²) < 4.78 is 12.9. The van der Waals surface area contributed by atoms with Crippen molar-refractivity contribution < 1.29 is 14.2 Å². The Morgan fingerprint density at radius 3 is 2.23 bits per heavy atom. The first kappa shape index (κ1) is 10.2. The van der Waals surface area contributed by atoms with Crippen LogP contribution >= 0.6 is 0 Å². The van der Waals surface area contributed by atoms with Gasteiger partial charge in [-0.3, -0.25) is 0 Å². The zero-order valence-electron chi connectivity index (χ0n) is 8.06. The van der Waals surface area contributed by atoms with Gasteiger partial charge in [-0.2, -0.15) is 0 Å². The molecule has 0 aromatic heterocycles. The monoisotopic (exact) mass is 184 g/mol. The molecule has 72 valence electrons. The van der Waals surface area contributed by atoms with Gasteiger partial charge in [-0.15, -0.1) is 0 Å². The minimum absolute atomic E-state index is 0.212. The molecule has 1 aromatic carbocycles. The predicted molar refractivity (Wildman–Crippen MR) is 47.7 cm³/mol. The Labute approximate surface area is 77.2 Å². The van der Waals surface area contributed by atoms with Gasteiger partial charge >= 0.3 is 0 Å². The van der Waals surface area contributed by atoms with Gasteiger partial charge in [0.2, 0.25) is 0 Å². The van der Waals surface area contributed by atoms with Crippen LogP contribution in [0.5, 0.6) is 0 Å². The summed E-state index contributed by atoms with van der Waals surface area (Å²) in [5.74, 6) is -0.212. The molecule has 2 nitrogen and oxygen atoms in total. The molecule has 1 rings (SSSR count). The predicted octanol–water partition coefficient (Wildman–Crippen LogP) is 2.52. The Balaban J connectivity index is 2.92. The van der Waals surface area contributed by atoms with E-state index in [9.17, 15) is 4.39 Å². The van der Waals surface area contributed by atoms with E-state index in [0.717, 1.165) is 16.7 Å². The number of hydrogen-bond donors (Lipinski definition) is 0. The molecule has 1 aromatic rings. The summed E-state index contributed by atoms with van der Waals surface area (Å²) in [4.78, 5) is 9.29. The summed E-state index contributed by atoms with van der Waals surface area (Å²) in [5.41, 5.74) is 2.74. The van der Waals surface area contributed by atoms with E-state index in [1.165, 1.54) is 19.2 Å². The fraction of sp³-hybridized carbons (Fsp3) is 0.400. The molecule has 0 bridgehead atoms. The number of hydrogen-bond acceptors (Lipinski definition) is 2. The van der Waals surface area contributed by atoms with Crippen LogP contribution in [0.3, 0.4) is 0 Å². The largest absolute Gasteiger partial charge is 0.240 e. The standard InChI is InChI=1S/C10H13FO2/c1-7-4-9(11)5-8(2)10(7)6-13-12-3/h4-5H,6H2,1-3H3. The summed E-state index contributed by atoms with van der Waals surface area (Å²) in [6.45, 7) is 4.06. The minimum Gasteiger partial charge on any atom is -0.240 e. The summed E-state index contributed by atoms with van der Waals surface area (Å²) in [6, 6.07) is 2.97. The molecule has 0 aliphatic carbocycles. The Morgan fingerprint density at radius 1 is 1.23 bits per heavy atom. The van der Waals surface area contributed by atoms with Crippen molar-refractivity contribution in [2.24, 2.45) is 0 Å². The lowest BCUT2D eigenvalue weighted by atomic mass is 10.0. The van der Waals surface area contributed by atoms with E-state index in [1.54, 1.807) is 0 Å². The lowest BCUT2D eigenvalue weighted by molar-refractivity contribution is -0.282. The zero-order valence-corrected chi connectivity index (χ0v) is 8.06. The molecule has 0 N–H and O–H groups in total. The van der Waals surface area contributed by atoms with E-state index < -0.39 is 0 Å². The topological polar surface area (TPSA) is 18.5 Å². The van der Waals surface area contributed by atoms with Crippen molar-refractivity contribution in [1.29, 1.82) is 0 Å². The van der Waals surface area contributed by atoms with E-state index in [1.807, 2.05) is 13.8 Å². The molecule has 0 amide bonds. The second-order valence-corrected chi connectivity index (χ2v) is 2.95. The van der Waals surface area contributed by atoms with Crippen molar-refractivity contribution in [3.05, 3.63) is 34.6 Å². The molecule has 3 heteroatoms. The highest BCUT2D eigenvalue weighted by Gasteiger charge is 2.05.